The van der Waals surface area contributed by atoms with Crippen LogP contribution in [0.1, 0.15) is 193 Å². The van der Waals surface area contributed by atoms with Crippen LogP contribution in [0.4, 0.5) is 0 Å². The van der Waals surface area contributed by atoms with Gasteiger partial charge < -0.3 is 5.11 Å². The summed E-state index contributed by atoms with van der Waals surface area (Å²) in [5, 5.41) is 10.7. The molecule has 3 nitrogen and oxygen atoms in total. The number of hydrogen-bond acceptors (Lipinski definition) is 1. The SMILES string of the molecule is CCCCCCCC/C=C\CCCCCCCC[n+]1cc[nH]c1C(O)CCCCCCCCCCCCC. The van der Waals surface area contributed by atoms with Crippen molar-refractivity contribution < 1.29 is 9.67 Å². The van der Waals surface area contributed by atoms with Gasteiger partial charge in [-0.25, -0.2) is 9.55 Å². The van der Waals surface area contributed by atoms with Gasteiger partial charge in [0.15, 0.2) is 6.10 Å². The lowest BCUT2D eigenvalue weighted by Gasteiger charge is -2.08. The molecule has 222 valence electrons. The number of rotatable bonds is 29. The minimum Gasteiger partial charge on any atom is -0.380 e. The second kappa shape index (κ2) is 27.5. The van der Waals surface area contributed by atoms with Crippen molar-refractivity contribution in [3.05, 3.63) is 30.4 Å². The molecule has 1 heterocycles. The third kappa shape index (κ3) is 20.8. The van der Waals surface area contributed by atoms with Crippen LogP contribution in [0.15, 0.2) is 24.5 Å². The Morgan fingerprint density at radius 3 is 1.53 bits per heavy atom. The number of aryl methyl sites for hydroxylation is 1. The molecule has 38 heavy (non-hydrogen) atoms. The molecule has 0 saturated heterocycles. The highest BCUT2D eigenvalue weighted by atomic mass is 16.3. The summed E-state index contributed by atoms with van der Waals surface area (Å²) in [7, 11) is 0. The number of nitrogens with zero attached hydrogens (tertiary/aromatic N) is 1. The second-order valence-corrected chi connectivity index (χ2v) is 11.8. The first kappa shape index (κ1) is 34.9. The molecule has 1 atom stereocenters. The average molecular weight is 532 g/mol. The van der Waals surface area contributed by atoms with Crippen LogP contribution >= 0.6 is 0 Å². The van der Waals surface area contributed by atoms with Gasteiger partial charge in [-0.2, -0.15) is 0 Å². The molecule has 0 radical (unpaired) electrons. The first-order chi connectivity index (χ1) is 18.8. The van der Waals surface area contributed by atoms with Gasteiger partial charge in [0.25, 0.3) is 5.82 Å². The van der Waals surface area contributed by atoms with E-state index in [1.54, 1.807) is 0 Å². The molecular weight excluding hydrogens is 464 g/mol. The van der Waals surface area contributed by atoms with Gasteiger partial charge in [-0.05, 0) is 44.9 Å². The molecule has 1 rings (SSSR count). The topological polar surface area (TPSA) is 39.9 Å². The summed E-state index contributed by atoms with van der Waals surface area (Å²) < 4.78 is 2.25. The highest BCUT2D eigenvalue weighted by molar-refractivity contribution is 4.83. The van der Waals surface area contributed by atoms with E-state index < -0.39 is 0 Å². The zero-order valence-electron chi connectivity index (χ0n) is 25.9. The fraction of sp³-hybridized carbons (Fsp3) is 0.857. The zero-order valence-corrected chi connectivity index (χ0v) is 25.9. The summed E-state index contributed by atoms with van der Waals surface area (Å²) >= 11 is 0. The summed E-state index contributed by atoms with van der Waals surface area (Å²) in [5.74, 6) is 1.00. The number of aromatic nitrogens is 2. The van der Waals surface area contributed by atoms with Crippen molar-refractivity contribution in [2.75, 3.05) is 0 Å². The monoisotopic (exact) mass is 532 g/mol. The molecule has 0 aliphatic carbocycles. The van der Waals surface area contributed by atoms with Crippen LogP contribution in [0.25, 0.3) is 0 Å². The quantitative estimate of drug-likeness (QED) is 0.0602. The highest BCUT2D eigenvalue weighted by Gasteiger charge is 2.19. The van der Waals surface area contributed by atoms with Crippen LogP contribution in [-0.4, -0.2) is 10.1 Å². The predicted octanol–water partition coefficient (Wildman–Crippen LogP) is 11.1. The fourth-order valence-electron chi connectivity index (χ4n) is 5.53. The van der Waals surface area contributed by atoms with Crippen molar-refractivity contribution in [1.82, 2.24) is 4.98 Å². The van der Waals surface area contributed by atoms with Crippen LogP contribution in [0.5, 0.6) is 0 Å². The molecule has 1 aromatic rings. The Morgan fingerprint density at radius 1 is 0.605 bits per heavy atom. The summed E-state index contributed by atoms with van der Waals surface area (Å²) in [6.07, 6.45) is 43.1. The Morgan fingerprint density at radius 2 is 1.03 bits per heavy atom. The van der Waals surface area contributed by atoms with E-state index in [9.17, 15) is 5.11 Å². The minimum absolute atomic E-state index is 0.349. The van der Waals surface area contributed by atoms with Crippen molar-refractivity contribution in [3.63, 3.8) is 0 Å². The van der Waals surface area contributed by atoms with E-state index in [-0.39, 0.29) is 6.10 Å². The number of imidazole rings is 1. The Balaban J connectivity index is 1.95. The maximum atomic E-state index is 10.7. The standard InChI is InChI=1S/C35H66N2O/c1-3-5-7-9-11-13-15-16-17-18-19-21-23-25-27-29-32-37-33-31-36-35(37)34(38)30-28-26-24-22-20-14-12-10-8-6-4-2/h16-17,31,33-34,38H,3-15,18-30,32H2,1-2H3/p+1/b17-16-. The van der Waals surface area contributed by atoms with E-state index in [0.717, 1.165) is 25.2 Å². The van der Waals surface area contributed by atoms with Crippen LogP contribution < -0.4 is 4.57 Å². The smallest absolute Gasteiger partial charge is 0.283 e. The van der Waals surface area contributed by atoms with Crippen molar-refractivity contribution >= 4 is 0 Å². The van der Waals surface area contributed by atoms with Gasteiger partial charge in [-0.1, -0.05) is 148 Å². The third-order valence-corrected chi connectivity index (χ3v) is 8.10. The van der Waals surface area contributed by atoms with Gasteiger partial charge in [0.05, 0.1) is 6.54 Å². The number of nitrogens with one attached hydrogen (secondary N) is 1. The summed E-state index contributed by atoms with van der Waals surface area (Å²) in [5.41, 5.74) is 0. The van der Waals surface area contributed by atoms with Gasteiger partial charge in [-0.15, -0.1) is 0 Å². The lowest BCUT2D eigenvalue weighted by atomic mass is 10.0. The van der Waals surface area contributed by atoms with E-state index >= 15 is 0 Å². The van der Waals surface area contributed by atoms with E-state index in [4.69, 9.17) is 0 Å². The number of hydrogen-bond donors (Lipinski definition) is 2. The number of H-pyrrole nitrogens is 1. The first-order valence-corrected chi connectivity index (χ1v) is 17.2. The largest absolute Gasteiger partial charge is 0.380 e. The van der Waals surface area contributed by atoms with Crippen molar-refractivity contribution in [2.24, 2.45) is 0 Å². The van der Waals surface area contributed by atoms with Crippen molar-refractivity contribution in [1.29, 1.82) is 0 Å². The number of unbranched alkanes of at least 4 members (excludes halogenated alkanes) is 22. The zero-order chi connectivity index (χ0) is 27.4. The lowest BCUT2D eigenvalue weighted by molar-refractivity contribution is -0.706. The van der Waals surface area contributed by atoms with E-state index in [0.29, 0.717) is 0 Å². The van der Waals surface area contributed by atoms with Gasteiger partial charge in [-0.3, -0.25) is 0 Å². The molecule has 0 bridgehead atoms. The summed E-state index contributed by atoms with van der Waals surface area (Å²) in [6, 6.07) is 0. The average Bonchev–Trinajstić information content (AvgIpc) is 3.40. The maximum Gasteiger partial charge on any atom is 0.283 e. The number of aromatic amines is 1. The molecule has 0 aliphatic heterocycles. The predicted molar refractivity (Wildman–Crippen MR) is 166 cm³/mol. The van der Waals surface area contributed by atoms with Crippen LogP contribution in [0.3, 0.4) is 0 Å². The third-order valence-electron chi connectivity index (χ3n) is 8.10. The van der Waals surface area contributed by atoms with Crippen LogP contribution in [0, 0.1) is 0 Å². The molecule has 1 unspecified atom stereocenters. The Bertz CT molecular complexity index is 623. The first-order valence-electron chi connectivity index (χ1n) is 17.2. The highest BCUT2D eigenvalue weighted by Crippen LogP contribution is 2.18. The molecular formula is C35H67N2O+. The molecule has 2 N–H and O–H groups in total. The molecule has 0 aromatic carbocycles. The molecule has 0 aliphatic rings. The Labute approximate surface area is 238 Å². The van der Waals surface area contributed by atoms with E-state index in [2.05, 4.69) is 41.7 Å². The molecule has 1 aromatic heterocycles. The number of aliphatic hydroxyl groups excluding tert-OH is 1. The fourth-order valence-corrected chi connectivity index (χ4v) is 5.53. The molecule has 0 saturated carbocycles. The van der Waals surface area contributed by atoms with Crippen LogP contribution in [0.2, 0.25) is 0 Å². The lowest BCUT2D eigenvalue weighted by Crippen LogP contribution is -2.37. The molecule has 3 heteroatoms. The van der Waals surface area contributed by atoms with Gasteiger partial charge in [0, 0.05) is 0 Å². The van der Waals surface area contributed by atoms with Gasteiger partial charge in [0.2, 0.25) is 0 Å². The van der Waals surface area contributed by atoms with E-state index in [1.165, 1.54) is 154 Å². The van der Waals surface area contributed by atoms with Crippen molar-refractivity contribution in [3.8, 4) is 0 Å². The van der Waals surface area contributed by atoms with Crippen molar-refractivity contribution in [2.45, 2.75) is 193 Å². The second-order valence-electron chi connectivity index (χ2n) is 11.8. The molecule has 0 spiro atoms. The van der Waals surface area contributed by atoms with Crippen LogP contribution in [-0.2, 0) is 6.54 Å². The summed E-state index contributed by atoms with van der Waals surface area (Å²) in [4.78, 5) is 3.31. The number of aliphatic hydroxyl groups is 1. The molecule has 0 amide bonds. The maximum absolute atomic E-state index is 10.7. The Hall–Kier alpha value is -1.09. The minimum atomic E-state index is -0.349. The molecule has 0 fully saturated rings. The summed E-state index contributed by atoms with van der Waals surface area (Å²) in [6.45, 7) is 5.59. The Kier molecular flexibility index (Phi) is 25.3. The van der Waals surface area contributed by atoms with Gasteiger partial charge >= 0.3 is 0 Å². The number of allylic oxidation sites excluding steroid dienone is 2. The van der Waals surface area contributed by atoms with Gasteiger partial charge in [0.1, 0.15) is 12.4 Å². The normalized spacial score (nSPS) is 12.6. The van der Waals surface area contributed by atoms with E-state index in [1.807, 2.05) is 6.20 Å².